The topological polar surface area (TPSA) is 56.3 Å². The summed E-state index contributed by atoms with van der Waals surface area (Å²) in [7, 11) is -1.82. The normalized spacial score (nSPS) is 11.6. The molecule has 0 aliphatic carbocycles. The molecule has 6 heteroatoms. The van der Waals surface area contributed by atoms with Crippen molar-refractivity contribution in [1.29, 1.82) is 0 Å². The van der Waals surface area contributed by atoms with E-state index < -0.39 is 9.84 Å². The minimum Gasteiger partial charge on any atom is -0.480 e. The number of sulfone groups is 1. The summed E-state index contributed by atoms with van der Waals surface area (Å²) in [6.45, 7) is 0. The monoisotopic (exact) mass is 346 g/mol. The van der Waals surface area contributed by atoms with Crippen LogP contribution in [0, 0.1) is 6.07 Å². The molecule has 0 saturated carbocycles. The molecule has 1 aromatic heterocycles. The molecule has 4 nitrogen and oxygen atoms in total. The van der Waals surface area contributed by atoms with E-state index in [1.807, 2.05) is 0 Å². The number of hydrogen-bond donors (Lipinski definition) is 0. The number of ether oxygens (including phenoxy) is 1. The molecule has 3 aromatic rings. The Balaban J connectivity index is 2.34. The molecule has 0 aliphatic rings. The number of nitrogens with zero attached hydrogens (tertiary/aromatic N) is 1. The van der Waals surface area contributed by atoms with Crippen molar-refractivity contribution in [3.63, 3.8) is 0 Å². The first-order chi connectivity index (χ1) is 10.9. The van der Waals surface area contributed by atoms with Crippen molar-refractivity contribution in [2.24, 2.45) is 0 Å². The van der Waals surface area contributed by atoms with E-state index >= 15 is 0 Å². The third-order valence-electron chi connectivity index (χ3n) is 3.48. The van der Waals surface area contributed by atoms with Crippen LogP contribution in [0.1, 0.15) is 0 Å². The van der Waals surface area contributed by atoms with E-state index in [2.05, 4.69) is 11.1 Å². The number of halogens is 1. The Bertz CT molecular complexity index is 1000. The maximum absolute atomic E-state index is 11.8. The van der Waals surface area contributed by atoms with Gasteiger partial charge in [0.25, 0.3) is 0 Å². The highest BCUT2D eigenvalue weighted by Gasteiger charge is 2.18. The number of aromatic nitrogens is 1. The van der Waals surface area contributed by atoms with Crippen molar-refractivity contribution in [2.45, 2.75) is 4.90 Å². The standard InChI is InChI=1S/C17H13ClNO3S/c1-22-17-15(11-6-5-7-12(10-11)23(2,20)21)16(18)13-8-3-4-9-14(13)19-17/h4-10H,1-2H3. The zero-order chi connectivity index (χ0) is 16.6. The van der Waals surface area contributed by atoms with Gasteiger partial charge in [-0.15, -0.1) is 0 Å². The molecule has 0 saturated heterocycles. The fraction of sp³-hybridized carbons (Fsp3) is 0.118. The number of pyridine rings is 1. The lowest BCUT2D eigenvalue weighted by atomic mass is 10.0. The van der Waals surface area contributed by atoms with E-state index in [0.29, 0.717) is 27.5 Å². The Morgan fingerprint density at radius 2 is 2.04 bits per heavy atom. The van der Waals surface area contributed by atoms with E-state index in [9.17, 15) is 8.42 Å². The minimum absolute atomic E-state index is 0.216. The summed E-state index contributed by atoms with van der Waals surface area (Å²) in [6, 6.07) is 14.8. The molecule has 0 atom stereocenters. The van der Waals surface area contributed by atoms with Gasteiger partial charge in [0.1, 0.15) is 0 Å². The second kappa shape index (κ2) is 5.83. The van der Waals surface area contributed by atoms with Crippen LogP contribution >= 0.6 is 11.6 Å². The number of benzene rings is 2. The van der Waals surface area contributed by atoms with Crippen molar-refractivity contribution in [3.8, 4) is 17.0 Å². The summed E-state index contributed by atoms with van der Waals surface area (Å²) < 4.78 is 28.9. The van der Waals surface area contributed by atoms with Gasteiger partial charge in [-0.05, 0) is 35.9 Å². The van der Waals surface area contributed by atoms with E-state index in [1.165, 1.54) is 13.4 Å². The first-order valence-corrected chi connectivity index (χ1v) is 9.02. The van der Waals surface area contributed by atoms with Crippen molar-refractivity contribution in [2.75, 3.05) is 13.4 Å². The Morgan fingerprint density at radius 1 is 1.26 bits per heavy atom. The van der Waals surface area contributed by atoms with E-state index in [0.717, 1.165) is 5.39 Å². The smallest absolute Gasteiger partial charge is 0.223 e. The Kier molecular flexibility index (Phi) is 4.00. The third-order valence-corrected chi connectivity index (χ3v) is 4.98. The zero-order valence-corrected chi connectivity index (χ0v) is 14.1. The number of rotatable bonds is 3. The Hall–Kier alpha value is -2.11. The first kappa shape index (κ1) is 15.8. The van der Waals surface area contributed by atoms with Gasteiger partial charge in [-0.25, -0.2) is 13.4 Å². The molecule has 0 fully saturated rings. The molecule has 0 spiro atoms. The maximum atomic E-state index is 11.8. The van der Waals surface area contributed by atoms with Gasteiger partial charge < -0.3 is 4.74 Å². The Morgan fingerprint density at radius 3 is 2.74 bits per heavy atom. The van der Waals surface area contributed by atoms with Crippen LogP contribution in [0.25, 0.3) is 22.0 Å². The molecular formula is C17H13ClNO3S. The van der Waals surface area contributed by atoms with E-state index in [4.69, 9.17) is 16.3 Å². The van der Waals surface area contributed by atoms with Crippen molar-refractivity contribution in [3.05, 3.63) is 53.6 Å². The summed E-state index contributed by atoms with van der Waals surface area (Å²) in [5, 5.41) is 1.18. The van der Waals surface area contributed by atoms with Gasteiger partial charge in [0.2, 0.25) is 5.88 Å². The molecule has 0 aliphatic heterocycles. The summed E-state index contributed by atoms with van der Waals surface area (Å²) in [5.41, 5.74) is 1.88. The zero-order valence-electron chi connectivity index (χ0n) is 12.5. The third kappa shape index (κ3) is 2.90. The highest BCUT2D eigenvalue weighted by atomic mass is 35.5. The molecule has 1 heterocycles. The second-order valence-corrected chi connectivity index (χ2v) is 7.45. The average molecular weight is 347 g/mol. The predicted octanol–water partition coefficient (Wildman–Crippen LogP) is 3.77. The molecule has 0 amide bonds. The molecule has 0 N–H and O–H groups in total. The molecule has 117 valence electrons. The van der Waals surface area contributed by atoms with Crippen LogP contribution in [0.15, 0.2) is 47.4 Å². The quantitative estimate of drug-likeness (QED) is 0.724. The van der Waals surface area contributed by atoms with Crippen LogP contribution in [0.4, 0.5) is 0 Å². The summed E-state index contributed by atoms with van der Waals surface area (Å²) >= 11 is 6.54. The number of fused-ring (bicyclic) bond motifs is 1. The predicted molar refractivity (Wildman–Crippen MR) is 90.7 cm³/mol. The lowest BCUT2D eigenvalue weighted by molar-refractivity contribution is 0.401. The fourth-order valence-corrected chi connectivity index (χ4v) is 3.38. The van der Waals surface area contributed by atoms with Gasteiger partial charge in [0.15, 0.2) is 9.84 Å². The summed E-state index contributed by atoms with van der Waals surface area (Å²) in [6.07, 6.45) is 1.17. The van der Waals surface area contributed by atoms with Gasteiger partial charge in [-0.2, -0.15) is 0 Å². The van der Waals surface area contributed by atoms with E-state index in [-0.39, 0.29) is 4.90 Å². The van der Waals surface area contributed by atoms with Crippen molar-refractivity contribution >= 4 is 32.3 Å². The minimum atomic E-state index is -3.32. The van der Waals surface area contributed by atoms with Gasteiger partial charge in [-0.3, -0.25) is 0 Å². The molecule has 3 rings (SSSR count). The largest absolute Gasteiger partial charge is 0.480 e. The SMILES string of the molecule is COc1nc2cc[c]cc2c(Cl)c1-c1cccc(S(C)(=O)=O)c1. The fourth-order valence-electron chi connectivity index (χ4n) is 2.37. The van der Waals surface area contributed by atoms with Gasteiger partial charge in [-0.1, -0.05) is 29.8 Å². The number of hydrogen-bond acceptors (Lipinski definition) is 4. The summed E-state index contributed by atoms with van der Waals surface area (Å²) in [4.78, 5) is 4.66. The van der Waals surface area contributed by atoms with E-state index in [1.54, 1.807) is 42.5 Å². The van der Waals surface area contributed by atoms with Gasteiger partial charge >= 0.3 is 0 Å². The second-order valence-electron chi connectivity index (χ2n) is 5.05. The van der Waals surface area contributed by atoms with Crippen molar-refractivity contribution in [1.82, 2.24) is 4.98 Å². The van der Waals surface area contributed by atoms with Crippen LogP contribution in [0.2, 0.25) is 5.02 Å². The van der Waals surface area contributed by atoms with Gasteiger partial charge in [0.05, 0.1) is 28.1 Å². The van der Waals surface area contributed by atoms with Crippen LogP contribution in [0.5, 0.6) is 5.88 Å². The Labute approximate surface area is 139 Å². The number of methoxy groups -OCH3 is 1. The van der Waals surface area contributed by atoms with Crippen LogP contribution < -0.4 is 4.74 Å². The molecule has 0 unspecified atom stereocenters. The summed E-state index contributed by atoms with van der Waals surface area (Å²) in [5.74, 6) is 0.347. The lowest BCUT2D eigenvalue weighted by Gasteiger charge is -2.13. The van der Waals surface area contributed by atoms with Crippen LogP contribution in [0.3, 0.4) is 0 Å². The first-order valence-electron chi connectivity index (χ1n) is 6.75. The molecular weight excluding hydrogens is 334 g/mol. The average Bonchev–Trinajstić information content (AvgIpc) is 2.54. The molecule has 0 bridgehead atoms. The van der Waals surface area contributed by atoms with Crippen LogP contribution in [-0.2, 0) is 9.84 Å². The van der Waals surface area contributed by atoms with Crippen LogP contribution in [-0.4, -0.2) is 26.8 Å². The van der Waals surface area contributed by atoms with Gasteiger partial charge in [0, 0.05) is 11.6 Å². The molecule has 23 heavy (non-hydrogen) atoms. The molecule has 2 aromatic carbocycles. The lowest BCUT2D eigenvalue weighted by Crippen LogP contribution is -1.98. The molecule has 1 radical (unpaired) electrons. The highest BCUT2D eigenvalue weighted by Crippen LogP contribution is 2.40. The highest BCUT2D eigenvalue weighted by molar-refractivity contribution is 7.90. The maximum Gasteiger partial charge on any atom is 0.223 e. The van der Waals surface area contributed by atoms with Crippen molar-refractivity contribution < 1.29 is 13.2 Å².